The van der Waals surface area contributed by atoms with Crippen molar-refractivity contribution in [2.45, 2.75) is 26.9 Å². The van der Waals surface area contributed by atoms with E-state index in [4.69, 9.17) is 9.84 Å². The smallest absolute Gasteiger partial charge is 0.308 e. The molecule has 1 aromatic carbocycles. The molecule has 8 heteroatoms. The maximum atomic E-state index is 11.9. The van der Waals surface area contributed by atoms with Crippen molar-refractivity contribution in [3.05, 3.63) is 51.7 Å². The summed E-state index contributed by atoms with van der Waals surface area (Å²) < 4.78 is 5.59. The van der Waals surface area contributed by atoms with E-state index in [1.165, 1.54) is 6.92 Å². The fourth-order valence-corrected chi connectivity index (χ4v) is 2.13. The van der Waals surface area contributed by atoms with Crippen LogP contribution in [-0.4, -0.2) is 27.0 Å². The second-order valence-corrected chi connectivity index (χ2v) is 5.11. The average molecular weight is 331 g/mol. The lowest BCUT2D eigenvalue weighted by molar-refractivity contribution is -0.136. The first-order valence-corrected chi connectivity index (χ1v) is 7.16. The molecule has 0 fully saturated rings. The predicted octanol–water partition coefficient (Wildman–Crippen LogP) is 1.24. The number of benzene rings is 1. The van der Waals surface area contributed by atoms with E-state index >= 15 is 0 Å². The lowest BCUT2D eigenvalue weighted by atomic mass is 10.2. The molecule has 1 amide bonds. The molecule has 24 heavy (non-hydrogen) atoms. The third-order valence-electron chi connectivity index (χ3n) is 3.16. The van der Waals surface area contributed by atoms with Crippen molar-refractivity contribution >= 4 is 17.6 Å². The maximum absolute atomic E-state index is 11.9. The topological polar surface area (TPSA) is 121 Å². The zero-order valence-corrected chi connectivity index (χ0v) is 13.3. The van der Waals surface area contributed by atoms with Crippen molar-refractivity contribution in [2.75, 3.05) is 5.32 Å². The fourth-order valence-electron chi connectivity index (χ4n) is 2.13. The summed E-state index contributed by atoms with van der Waals surface area (Å²) in [6.07, 6.45) is -0.388. The van der Waals surface area contributed by atoms with E-state index in [-0.39, 0.29) is 30.3 Å². The average Bonchev–Trinajstić information content (AvgIpc) is 2.49. The van der Waals surface area contributed by atoms with Crippen LogP contribution in [0.2, 0.25) is 0 Å². The summed E-state index contributed by atoms with van der Waals surface area (Å²) in [7, 11) is 0. The molecule has 0 spiro atoms. The SMILES string of the molecule is CC(=O)Nc1ccccc1OCc1nc(C)c(CC(=O)O)c(=O)[nH]1. The molecule has 126 valence electrons. The highest BCUT2D eigenvalue weighted by molar-refractivity contribution is 5.90. The van der Waals surface area contributed by atoms with Gasteiger partial charge < -0.3 is 20.1 Å². The minimum atomic E-state index is -1.10. The number of aromatic amines is 1. The summed E-state index contributed by atoms with van der Waals surface area (Å²) in [5, 5.41) is 11.4. The number of anilines is 1. The van der Waals surface area contributed by atoms with Crippen molar-refractivity contribution in [3.8, 4) is 5.75 Å². The van der Waals surface area contributed by atoms with Crippen LogP contribution in [0.4, 0.5) is 5.69 Å². The third-order valence-corrected chi connectivity index (χ3v) is 3.16. The van der Waals surface area contributed by atoms with Gasteiger partial charge in [0.2, 0.25) is 5.91 Å². The summed E-state index contributed by atoms with van der Waals surface area (Å²) >= 11 is 0. The molecular weight excluding hydrogens is 314 g/mol. The minimum Gasteiger partial charge on any atom is -0.484 e. The van der Waals surface area contributed by atoms with Gasteiger partial charge in [-0.05, 0) is 19.1 Å². The van der Waals surface area contributed by atoms with Crippen molar-refractivity contribution in [1.29, 1.82) is 0 Å². The van der Waals surface area contributed by atoms with Gasteiger partial charge in [-0.15, -0.1) is 0 Å². The van der Waals surface area contributed by atoms with E-state index in [2.05, 4.69) is 15.3 Å². The molecule has 3 N–H and O–H groups in total. The number of ether oxygens (including phenoxy) is 1. The predicted molar refractivity (Wildman–Crippen MR) is 86.0 cm³/mol. The van der Waals surface area contributed by atoms with Gasteiger partial charge in [0.1, 0.15) is 18.2 Å². The molecular formula is C16H17N3O5. The van der Waals surface area contributed by atoms with Crippen LogP contribution in [0.25, 0.3) is 0 Å². The van der Waals surface area contributed by atoms with E-state index < -0.39 is 11.5 Å². The first-order chi connectivity index (χ1) is 11.4. The molecule has 0 radical (unpaired) electrons. The molecule has 0 atom stereocenters. The number of hydrogen-bond acceptors (Lipinski definition) is 5. The summed E-state index contributed by atoms with van der Waals surface area (Å²) in [6.45, 7) is 2.93. The minimum absolute atomic E-state index is 0.0277. The highest BCUT2D eigenvalue weighted by atomic mass is 16.5. The molecule has 2 rings (SSSR count). The largest absolute Gasteiger partial charge is 0.484 e. The molecule has 0 aliphatic heterocycles. The summed E-state index contributed by atoms with van der Waals surface area (Å²) in [4.78, 5) is 40.6. The number of aliphatic carboxylic acids is 1. The summed E-state index contributed by atoms with van der Waals surface area (Å²) in [5.41, 5.74) is 0.463. The number of carboxylic acids is 1. The number of carbonyl (C=O) groups excluding carboxylic acids is 1. The normalized spacial score (nSPS) is 10.2. The van der Waals surface area contributed by atoms with Crippen LogP contribution in [0.15, 0.2) is 29.1 Å². The first kappa shape index (κ1) is 17.2. The Kier molecular flexibility index (Phi) is 5.31. The number of H-pyrrole nitrogens is 1. The van der Waals surface area contributed by atoms with Crippen molar-refractivity contribution in [1.82, 2.24) is 9.97 Å². The number of aryl methyl sites for hydroxylation is 1. The number of amides is 1. The van der Waals surface area contributed by atoms with Crippen LogP contribution in [0.1, 0.15) is 24.0 Å². The third kappa shape index (κ3) is 4.42. The number of nitrogens with zero attached hydrogens (tertiary/aromatic N) is 1. The van der Waals surface area contributed by atoms with Crippen LogP contribution >= 0.6 is 0 Å². The Morgan fingerprint density at radius 2 is 2.04 bits per heavy atom. The van der Waals surface area contributed by atoms with Gasteiger partial charge in [-0.25, -0.2) is 4.98 Å². The Balaban J connectivity index is 2.17. The molecule has 8 nitrogen and oxygen atoms in total. The van der Waals surface area contributed by atoms with E-state index in [0.717, 1.165) is 0 Å². The van der Waals surface area contributed by atoms with Gasteiger partial charge in [0.25, 0.3) is 5.56 Å². The zero-order valence-electron chi connectivity index (χ0n) is 13.3. The number of aromatic nitrogens is 2. The van der Waals surface area contributed by atoms with Crippen LogP contribution in [-0.2, 0) is 22.6 Å². The van der Waals surface area contributed by atoms with Gasteiger partial charge in [0.05, 0.1) is 12.1 Å². The standard InChI is InChI=1S/C16H17N3O5/c1-9-11(7-15(21)22)16(23)19-14(17-9)8-24-13-6-4-3-5-12(13)18-10(2)20/h3-6H,7-8H2,1-2H3,(H,18,20)(H,21,22)(H,17,19,23). The molecule has 0 aliphatic carbocycles. The Bertz CT molecular complexity index is 829. The van der Waals surface area contributed by atoms with Crippen LogP contribution in [0.5, 0.6) is 5.75 Å². The number of hydrogen-bond donors (Lipinski definition) is 3. The number of carbonyl (C=O) groups is 2. The van der Waals surface area contributed by atoms with Crippen LogP contribution < -0.4 is 15.6 Å². The molecule has 0 aliphatic rings. The quantitative estimate of drug-likeness (QED) is 0.732. The van der Waals surface area contributed by atoms with Crippen molar-refractivity contribution in [2.24, 2.45) is 0 Å². The zero-order chi connectivity index (χ0) is 17.7. The molecule has 0 bridgehead atoms. The van der Waals surface area contributed by atoms with Crippen molar-refractivity contribution in [3.63, 3.8) is 0 Å². The van der Waals surface area contributed by atoms with Crippen molar-refractivity contribution < 1.29 is 19.4 Å². The number of nitrogens with one attached hydrogen (secondary N) is 2. The van der Waals surface area contributed by atoms with Gasteiger partial charge in [-0.2, -0.15) is 0 Å². The Morgan fingerprint density at radius 3 is 2.67 bits per heavy atom. The highest BCUT2D eigenvalue weighted by Crippen LogP contribution is 2.24. The van der Waals surface area contributed by atoms with Gasteiger partial charge in [-0.3, -0.25) is 14.4 Å². The molecule has 1 heterocycles. The Morgan fingerprint density at radius 1 is 1.33 bits per heavy atom. The molecule has 0 unspecified atom stereocenters. The van der Waals surface area contributed by atoms with E-state index in [9.17, 15) is 14.4 Å². The molecule has 0 saturated heterocycles. The van der Waals surface area contributed by atoms with Gasteiger partial charge in [0.15, 0.2) is 0 Å². The number of carboxylic acid groups (broad SMARTS) is 1. The molecule has 2 aromatic rings. The number of rotatable bonds is 6. The number of para-hydroxylation sites is 2. The fraction of sp³-hybridized carbons (Fsp3) is 0.250. The molecule has 0 saturated carbocycles. The monoisotopic (exact) mass is 331 g/mol. The van der Waals surface area contributed by atoms with E-state index in [1.54, 1.807) is 31.2 Å². The lowest BCUT2D eigenvalue weighted by Gasteiger charge is -2.12. The van der Waals surface area contributed by atoms with Crippen LogP contribution in [0.3, 0.4) is 0 Å². The lowest BCUT2D eigenvalue weighted by Crippen LogP contribution is -2.22. The highest BCUT2D eigenvalue weighted by Gasteiger charge is 2.12. The van der Waals surface area contributed by atoms with E-state index in [0.29, 0.717) is 17.1 Å². The summed E-state index contributed by atoms with van der Waals surface area (Å²) in [5.74, 6) is -0.628. The molecule has 1 aromatic heterocycles. The second kappa shape index (κ2) is 7.40. The summed E-state index contributed by atoms with van der Waals surface area (Å²) in [6, 6.07) is 6.87. The van der Waals surface area contributed by atoms with Gasteiger partial charge >= 0.3 is 5.97 Å². The van der Waals surface area contributed by atoms with Crippen LogP contribution in [0, 0.1) is 6.92 Å². The maximum Gasteiger partial charge on any atom is 0.308 e. The Hall–Kier alpha value is -3.16. The Labute approximate surface area is 137 Å². The van der Waals surface area contributed by atoms with Gasteiger partial charge in [0, 0.05) is 18.2 Å². The van der Waals surface area contributed by atoms with Gasteiger partial charge in [-0.1, -0.05) is 12.1 Å². The first-order valence-electron chi connectivity index (χ1n) is 7.16. The second-order valence-electron chi connectivity index (χ2n) is 5.11. The van der Waals surface area contributed by atoms with E-state index in [1.807, 2.05) is 0 Å².